The summed E-state index contributed by atoms with van der Waals surface area (Å²) in [5.74, 6) is -0.822. The number of sulfonamides is 1. The van der Waals surface area contributed by atoms with E-state index in [2.05, 4.69) is 10.0 Å². The second-order valence-corrected chi connectivity index (χ2v) is 6.53. The maximum absolute atomic E-state index is 12.1. The molecular formula is C13H20N2O4S. The Morgan fingerprint density at radius 1 is 1.35 bits per heavy atom. The van der Waals surface area contributed by atoms with Crippen molar-refractivity contribution in [3.8, 4) is 0 Å². The molecule has 7 heteroatoms. The third-order valence-corrected chi connectivity index (χ3v) is 4.14. The predicted molar refractivity (Wildman–Crippen MR) is 77.6 cm³/mol. The van der Waals surface area contributed by atoms with E-state index in [1.165, 1.54) is 18.2 Å². The van der Waals surface area contributed by atoms with Crippen LogP contribution in [0.15, 0.2) is 23.1 Å². The molecule has 112 valence electrons. The summed E-state index contributed by atoms with van der Waals surface area (Å²) in [6, 6.07) is 4.04. The second-order valence-electron chi connectivity index (χ2n) is 4.79. The Morgan fingerprint density at radius 3 is 2.50 bits per heavy atom. The zero-order valence-corrected chi connectivity index (χ0v) is 12.6. The molecule has 0 heterocycles. The number of carboxylic acids is 1. The third kappa shape index (κ3) is 4.21. The lowest BCUT2D eigenvalue weighted by Gasteiger charge is -2.15. The average molecular weight is 300 g/mol. The van der Waals surface area contributed by atoms with Gasteiger partial charge in [-0.1, -0.05) is 20.8 Å². The first-order chi connectivity index (χ1) is 9.27. The first-order valence-electron chi connectivity index (χ1n) is 6.38. The topological polar surface area (TPSA) is 95.5 Å². The molecule has 0 spiro atoms. The summed E-state index contributed by atoms with van der Waals surface area (Å²) in [6.45, 7) is 6.50. The van der Waals surface area contributed by atoms with Crippen LogP contribution in [0.5, 0.6) is 0 Å². The molecular weight excluding hydrogens is 280 g/mol. The van der Waals surface area contributed by atoms with Gasteiger partial charge in [0.1, 0.15) is 4.90 Å². The molecule has 0 atom stereocenters. The molecule has 0 bridgehead atoms. The van der Waals surface area contributed by atoms with Gasteiger partial charge in [-0.2, -0.15) is 0 Å². The fourth-order valence-electron chi connectivity index (χ4n) is 1.61. The summed E-state index contributed by atoms with van der Waals surface area (Å²) in [5.41, 5.74) is 0.348. The van der Waals surface area contributed by atoms with E-state index in [-0.39, 0.29) is 17.0 Å². The highest BCUT2D eigenvalue weighted by atomic mass is 32.2. The molecule has 0 aliphatic rings. The third-order valence-electron chi connectivity index (χ3n) is 2.55. The predicted octanol–water partition coefficient (Wildman–Crippen LogP) is 1.75. The van der Waals surface area contributed by atoms with Crippen molar-refractivity contribution >= 4 is 21.7 Å². The van der Waals surface area contributed by atoms with E-state index in [1.807, 2.05) is 13.8 Å². The summed E-state index contributed by atoms with van der Waals surface area (Å²) < 4.78 is 26.6. The van der Waals surface area contributed by atoms with E-state index in [9.17, 15) is 13.2 Å². The normalized spacial score (nSPS) is 11.6. The van der Waals surface area contributed by atoms with Gasteiger partial charge in [0.2, 0.25) is 10.0 Å². The number of carboxylic acid groups (broad SMARTS) is 1. The number of hydrogen-bond acceptors (Lipinski definition) is 4. The maximum atomic E-state index is 12.1. The number of aromatic carboxylic acids is 1. The van der Waals surface area contributed by atoms with E-state index in [0.29, 0.717) is 18.2 Å². The molecule has 1 rings (SSSR count). The number of rotatable bonds is 7. The van der Waals surface area contributed by atoms with Crippen molar-refractivity contribution in [1.29, 1.82) is 0 Å². The van der Waals surface area contributed by atoms with E-state index < -0.39 is 16.0 Å². The number of carbonyl (C=O) groups is 1. The van der Waals surface area contributed by atoms with Crippen molar-refractivity contribution in [2.75, 3.05) is 18.4 Å². The molecule has 0 fully saturated rings. The molecule has 0 aromatic heterocycles. The van der Waals surface area contributed by atoms with Gasteiger partial charge in [-0.3, -0.25) is 0 Å². The fraction of sp³-hybridized carbons (Fsp3) is 0.462. The summed E-state index contributed by atoms with van der Waals surface area (Å²) in [7, 11) is -3.72. The first-order valence-corrected chi connectivity index (χ1v) is 7.87. The minimum atomic E-state index is -3.72. The Morgan fingerprint density at radius 2 is 2.00 bits per heavy atom. The van der Waals surface area contributed by atoms with Crippen LogP contribution in [-0.4, -0.2) is 32.6 Å². The summed E-state index contributed by atoms with van der Waals surface area (Å²) in [5, 5.41) is 12.0. The zero-order chi connectivity index (χ0) is 15.3. The Bertz CT molecular complexity index is 582. The van der Waals surface area contributed by atoms with E-state index >= 15 is 0 Å². The molecule has 0 amide bonds. The largest absolute Gasteiger partial charge is 0.478 e. The van der Waals surface area contributed by atoms with Crippen LogP contribution in [0.25, 0.3) is 0 Å². The van der Waals surface area contributed by atoms with E-state index in [4.69, 9.17) is 5.11 Å². The molecule has 0 unspecified atom stereocenters. The second kappa shape index (κ2) is 6.71. The van der Waals surface area contributed by atoms with Crippen molar-refractivity contribution in [3.05, 3.63) is 23.8 Å². The van der Waals surface area contributed by atoms with E-state index in [0.717, 1.165) is 0 Å². The maximum Gasteiger partial charge on any atom is 0.335 e. The van der Waals surface area contributed by atoms with Crippen molar-refractivity contribution in [1.82, 2.24) is 4.72 Å². The Balaban J connectivity index is 3.26. The van der Waals surface area contributed by atoms with Gasteiger partial charge in [0.05, 0.1) is 11.3 Å². The highest BCUT2D eigenvalue weighted by Gasteiger charge is 2.20. The van der Waals surface area contributed by atoms with Crippen LogP contribution in [0.2, 0.25) is 0 Å². The van der Waals surface area contributed by atoms with Crippen LogP contribution in [0.1, 0.15) is 31.1 Å². The lowest BCUT2D eigenvalue weighted by molar-refractivity contribution is 0.0696. The smallest absolute Gasteiger partial charge is 0.335 e. The molecule has 0 radical (unpaired) electrons. The van der Waals surface area contributed by atoms with E-state index in [1.54, 1.807) is 6.92 Å². The van der Waals surface area contributed by atoms with Crippen LogP contribution in [0.3, 0.4) is 0 Å². The molecule has 1 aromatic carbocycles. The van der Waals surface area contributed by atoms with Gasteiger partial charge in [0.25, 0.3) is 0 Å². The average Bonchev–Trinajstić information content (AvgIpc) is 2.35. The molecule has 0 aliphatic carbocycles. The lowest BCUT2D eigenvalue weighted by atomic mass is 10.2. The summed E-state index contributed by atoms with van der Waals surface area (Å²) in [4.78, 5) is 10.9. The Kier molecular flexibility index (Phi) is 5.52. The van der Waals surface area contributed by atoms with Gasteiger partial charge in [-0.25, -0.2) is 17.9 Å². The van der Waals surface area contributed by atoms with Gasteiger partial charge in [-0.05, 0) is 24.1 Å². The van der Waals surface area contributed by atoms with Gasteiger partial charge < -0.3 is 10.4 Å². The van der Waals surface area contributed by atoms with Crippen LogP contribution in [0, 0.1) is 5.92 Å². The highest BCUT2D eigenvalue weighted by Crippen LogP contribution is 2.23. The molecule has 0 aliphatic heterocycles. The van der Waals surface area contributed by atoms with Crippen molar-refractivity contribution in [2.45, 2.75) is 25.7 Å². The van der Waals surface area contributed by atoms with Crippen LogP contribution >= 0.6 is 0 Å². The molecule has 3 N–H and O–H groups in total. The number of benzene rings is 1. The zero-order valence-electron chi connectivity index (χ0n) is 11.8. The van der Waals surface area contributed by atoms with Crippen molar-refractivity contribution in [2.24, 2.45) is 5.92 Å². The lowest BCUT2D eigenvalue weighted by Crippen LogP contribution is -2.25. The Hall–Kier alpha value is -1.60. The summed E-state index contributed by atoms with van der Waals surface area (Å²) in [6.07, 6.45) is 0. The number of anilines is 1. The SMILES string of the molecule is CCNS(=O)(=O)c1cc(C(=O)O)ccc1NCC(C)C. The first kappa shape index (κ1) is 16.5. The molecule has 6 nitrogen and oxygen atoms in total. The molecule has 0 saturated carbocycles. The molecule has 0 saturated heterocycles. The van der Waals surface area contributed by atoms with Gasteiger partial charge in [-0.15, -0.1) is 0 Å². The fourth-order valence-corrected chi connectivity index (χ4v) is 2.85. The number of nitrogens with one attached hydrogen (secondary N) is 2. The monoisotopic (exact) mass is 300 g/mol. The number of hydrogen-bond donors (Lipinski definition) is 3. The minimum Gasteiger partial charge on any atom is -0.478 e. The van der Waals surface area contributed by atoms with Crippen LogP contribution in [0.4, 0.5) is 5.69 Å². The van der Waals surface area contributed by atoms with Gasteiger partial charge in [0.15, 0.2) is 0 Å². The quantitative estimate of drug-likeness (QED) is 0.713. The van der Waals surface area contributed by atoms with Gasteiger partial charge in [0, 0.05) is 13.1 Å². The van der Waals surface area contributed by atoms with Crippen LogP contribution in [-0.2, 0) is 10.0 Å². The Labute approximate surface area is 119 Å². The standard InChI is InChI=1S/C13H20N2O4S/c1-4-15-20(18,19)12-7-10(13(16)17)5-6-11(12)14-8-9(2)3/h5-7,9,14-15H,4,8H2,1-3H3,(H,16,17). The van der Waals surface area contributed by atoms with Crippen LogP contribution < -0.4 is 10.0 Å². The molecule has 1 aromatic rings. The summed E-state index contributed by atoms with van der Waals surface area (Å²) >= 11 is 0. The minimum absolute atomic E-state index is 0.0418. The highest BCUT2D eigenvalue weighted by molar-refractivity contribution is 7.89. The van der Waals surface area contributed by atoms with Gasteiger partial charge >= 0.3 is 5.97 Å². The molecule has 20 heavy (non-hydrogen) atoms. The van der Waals surface area contributed by atoms with Crippen molar-refractivity contribution in [3.63, 3.8) is 0 Å². The van der Waals surface area contributed by atoms with Crippen molar-refractivity contribution < 1.29 is 18.3 Å².